The number of carbonyl (C=O) groups is 2. The zero-order chi connectivity index (χ0) is 23.8. The lowest BCUT2D eigenvalue weighted by Crippen LogP contribution is -2.46. The minimum Gasteiger partial charge on any atom is -0.466 e. The van der Waals surface area contributed by atoms with Crippen molar-refractivity contribution in [2.45, 2.75) is 30.8 Å². The second-order valence-corrected chi connectivity index (χ2v) is 9.68. The van der Waals surface area contributed by atoms with Gasteiger partial charge in [0.25, 0.3) is 0 Å². The molecule has 0 fully saturated rings. The van der Waals surface area contributed by atoms with Crippen molar-refractivity contribution in [3.8, 4) is 0 Å². The summed E-state index contributed by atoms with van der Waals surface area (Å²) < 4.78 is 35.5. The first-order valence-corrected chi connectivity index (χ1v) is 12.3. The number of hydrogen-bond acceptors (Lipinski definition) is 6. The van der Waals surface area contributed by atoms with Crippen LogP contribution in [0, 0.1) is 0 Å². The number of imidazole rings is 1. The zero-order valence-electron chi connectivity index (χ0n) is 17.8. The predicted molar refractivity (Wildman–Crippen MR) is 126 cm³/mol. The predicted octanol–water partition coefficient (Wildman–Crippen LogP) is 2.74. The highest BCUT2D eigenvalue weighted by Crippen LogP contribution is 2.16. The van der Waals surface area contributed by atoms with Crippen LogP contribution in [0.5, 0.6) is 0 Å². The summed E-state index contributed by atoms with van der Waals surface area (Å²) in [6.45, 7) is 2.09. The van der Waals surface area contributed by atoms with Crippen LogP contribution in [-0.4, -0.2) is 42.5 Å². The molecule has 174 valence electrons. The Morgan fingerprint density at radius 2 is 1.82 bits per heavy atom. The van der Waals surface area contributed by atoms with Crippen LogP contribution in [0.1, 0.15) is 12.5 Å². The number of aromatic nitrogens is 2. The van der Waals surface area contributed by atoms with E-state index in [9.17, 15) is 18.0 Å². The molecule has 0 saturated carbocycles. The van der Waals surface area contributed by atoms with Crippen LogP contribution in [0.2, 0.25) is 0 Å². The molecule has 1 atom stereocenters. The molecule has 0 bridgehead atoms. The molecule has 11 heteroatoms. The Kier molecular flexibility index (Phi) is 8.37. The molecule has 2 N–H and O–H groups in total. The van der Waals surface area contributed by atoms with Crippen molar-refractivity contribution in [1.29, 1.82) is 0 Å². The molecule has 0 aliphatic heterocycles. The number of hydrogen-bond donors (Lipinski definition) is 2. The normalized spacial score (nSPS) is 12.2. The third-order valence-electron chi connectivity index (χ3n) is 4.57. The molecule has 0 saturated heterocycles. The molecule has 9 nitrogen and oxygen atoms in total. The fraction of sp³-hybridized carbons (Fsp3) is 0.227. The van der Waals surface area contributed by atoms with E-state index in [1.54, 1.807) is 60.3 Å². The summed E-state index contributed by atoms with van der Waals surface area (Å²) in [6, 6.07) is 11.7. The Hall–Kier alpha value is -3.02. The van der Waals surface area contributed by atoms with Gasteiger partial charge in [-0.05, 0) is 48.9 Å². The number of sulfonamides is 1. The number of ether oxygens (including phenoxy) is 1. The molecule has 3 rings (SSSR count). The minimum atomic E-state index is -3.96. The summed E-state index contributed by atoms with van der Waals surface area (Å²) in [5, 5.41) is 2.72. The van der Waals surface area contributed by atoms with Gasteiger partial charge in [-0.1, -0.05) is 28.1 Å². The molecule has 33 heavy (non-hydrogen) atoms. The molecule has 0 spiro atoms. The van der Waals surface area contributed by atoms with E-state index in [1.807, 2.05) is 0 Å². The van der Waals surface area contributed by atoms with Crippen LogP contribution in [-0.2, 0) is 37.3 Å². The van der Waals surface area contributed by atoms with Gasteiger partial charge < -0.3 is 14.6 Å². The van der Waals surface area contributed by atoms with Crippen molar-refractivity contribution in [3.05, 3.63) is 77.3 Å². The highest BCUT2D eigenvalue weighted by Gasteiger charge is 2.26. The van der Waals surface area contributed by atoms with Gasteiger partial charge in [-0.3, -0.25) is 9.59 Å². The van der Waals surface area contributed by atoms with E-state index in [0.29, 0.717) is 12.3 Å². The summed E-state index contributed by atoms with van der Waals surface area (Å²) >= 11 is 3.27. The van der Waals surface area contributed by atoms with E-state index >= 15 is 0 Å². The van der Waals surface area contributed by atoms with E-state index in [4.69, 9.17) is 4.74 Å². The van der Waals surface area contributed by atoms with Crippen LogP contribution in [0.3, 0.4) is 0 Å². The Bertz CT molecular complexity index is 1180. The Labute approximate surface area is 200 Å². The average molecular weight is 535 g/mol. The first-order chi connectivity index (χ1) is 15.8. The maximum Gasteiger partial charge on any atom is 0.310 e. The van der Waals surface area contributed by atoms with Gasteiger partial charge in [0.05, 0.1) is 24.3 Å². The fourth-order valence-corrected chi connectivity index (χ4v) is 4.41. The van der Waals surface area contributed by atoms with E-state index in [-0.39, 0.29) is 23.8 Å². The first-order valence-electron chi connectivity index (χ1n) is 10.1. The monoisotopic (exact) mass is 534 g/mol. The standard InChI is InChI=1S/C22H23BrN4O5S/c1-2-32-21(28)13-16-3-7-18(8-4-16)25-22(29)20(14-27-12-11-24-15-27)26-33(30,31)19-9-5-17(23)6-10-19/h3-12,15,20,26H,2,13-14H2,1H3,(H,25,29)/t20-/m0/s1. The van der Waals surface area contributed by atoms with Crippen molar-refractivity contribution in [2.75, 3.05) is 11.9 Å². The van der Waals surface area contributed by atoms with E-state index < -0.39 is 22.0 Å². The van der Waals surface area contributed by atoms with Crippen LogP contribution in [0.15, 0.2) is 76.6 Å². The lowest BCUT2D eigenvalue weighted by Gasteiger charge is -2.19. The number of esters is 1. The van der Waals surface area contributed by atoms with Gasteiger partial charge in [-0.15, -0.1) is 0 Å². The van der Waals surface area contributed by atoms with Crippen LogP contribution in [0.25, 0.3) is 0 Å². The van der Waals surface area contributed by atoms with Crippen molar-refractivity contribution < 1.29 is 22.7 Å². The number of anilines is 1. The maximum absolute atomic E-state index is 13.0. The van der Waals surface area contributed by atoms with Gasteiger partial charge in [0.1, 0.15) is 6.04 Å². The average Bonchev–Trinajstić information content (AvgIpc) is 3.28. The summed E-state index contributed by atoms with van der Waals surface area (Å²) in [7, 11) is -3.96. The molecule has 1 amide bonds. The molecule has 0 radical (unpaired) electrons. The van der Waals surface area contributed by atoms with Gasteiger partial charge in [0, 0.05) is 29.1 Å². The fourth-order valence-electron chi connectivity index (χ4n) is 2.96. The highest BCUT2D eigenvalue weighted by molar-refractivity contribution is 9.10. The van der Waals surface area contributed by atoms with E-state index in [2.05, 4.69) is 31.0 Å². The van der Waals surface area contributed by atoms with Crippen molar-refractivity contribution in [2.24, 2.45) is 0 Å². The lowest BCUT2D eigenvalue weighted by atomic mass is 10.1. The number of amides is 1. The van der Waals surface area contributed by atoms with Gasteiger partial charge in [0.15, 0.2) is 0 Å². The largest absolute Gasteiger partial charge is 0.466 e. The SMILES string of the molecule is CCOC(=O)Cc1ccc(NC(=O)[C@H](Cn2ccnc2)NS(=O)(=O)c2ccc(Br)cc2)cc1. The van der Waals surface area contributed by atoms with Crippen LogP contribution < -0.4 is 10.0 Å². The Morgan fingerprint density at radius 3 is 2.42 bits per heavy atom. The summed E-state index contributed by atoms with van der Waals surface area (Å²) in [5.74, 6) is -0.875. The number of benzene rings is 2. The quantitative estimate of drug-likeness (QED) is 0.386. The van der Waals surface area contributed by atoms with Gasteiger partial charge in [-0.2, -0.15) is 4.72 Å². The van der Waals surface area contributed by atoms with Crippen molar-refractivity contribution in [1.82, 2.24) is 14.3 Å². The number of rotatable bonds is 10. The third-order valence-corrected chi connectivity index (χ3v) is 6.58. The smallest absolute Gasteiger partial charge is 0.310 e. The summed E-state index contributed by atoms with van der Waals surface area (Å²) in [6.07, 6.45) is 4.80. The highest BCUT2D eigenvalue weighted by atomic mass is 79.9. The molecular weight excluding hydrogens is 512 g/mol. The van der Waals surface area contributed by atoms with Crippen molar-refractivity contribution >= 4 is 43.5 Å². The molecule has 2 aromatic carbocycles. The summed E-state index contributed by atoms with van der Waals surface area (Å²) in [5.41, 5.74) is 1.20. The number of carbonyl (C=O) groups excluding carboxylic acids is 2. The number of halogens is 1. The van der Waals surface area contributed by atoms with Crippen LogP contribution >= 0.6 is 15.9 Å². The number of nitrogens with zero attached hydrogens (tertiary/aromatic N) is 2. The molecule has 1 heterocycles. The second kappa shape index (κ2) is 11.2. The molecule has 0 aliphatic carbocycles. The van der Waals surface area contributed by atoms with Gasteiger partial charge in [-0.25, -0.2) is 13.4 Å². The Morgan fingerprint density at radius 1 is 1.12 bits per heavy atom. The summed E-state index contributed by atoms with van der Waals surface area (Å²) in [4.78, 5) is 28.6. The topological polar surface area (TPSA) is 119 Å². The zero-order valence-corrected chi connectivity index (χ0v) is 20.2. The Balaban J connectivity index is 1.74. The molecule has 0 aliphatic rings. The first kappa shape index (κ1) is 24.6. The second-order valence-electron chi connectivity index (χ2n) is 7.06. The molecule has 3 aromatic rings. The van der Waals surface area contributed by atoms with Gasteiger partial charge in [0.2, 0.25) is 15.9 Å². The number of nitrogens with one attached hydrogen (secondary N) is 2. The lowest BCUT2D eigenvalue weighted by molar-refractivity contribution is -0.142. The molecular formula is C22H23BrN4O5S. The molecule has 0 unspecified atom stereocenters. The maximum atomic E-state index is 13.0. The van der Waals surface area contributed by atoms with Crippen LogP contribution in [0.4, 0.5) is 5.69 Å². The van der Waals surface area contributed by atoms with E-state index in [0.717, 1.165) is 10.0 Å². The van der Waals surface area contributed by atoms with Crippen molar-refractivity contribution in [3.63, 3.8) is 0 Å². The third kappa shape index (κ3) is 7.24. The van der Waals surface area contributed by atoms with E-state index in [1.165, 1.54) is 18.5 Å². The molecule has 1 aromatic heterocycles. The van der Waals surface area contributed by atoms with Gasteiger partial charge >= 0.3 is 5.97 Å². The minimum absolute atomic E-state index is 0.0393.